The van der Waals surface area contributed by atoms with Gasteiger partial charge in [-0.25, -0.2) is 0 Å². The van der Waals surface area contributed by atoms with E-state index in [-0.39, 0.29) is 0 Å². The van der Waals surface area contributed by atoms with E-state index in [4.69, 9.17) is 0 Å². The molecule has 0 heterocycles. The summed E-state index contributed by atoms with van der Waals surface area (Å²) in [6.45, 7) is 7.27. The molecular formula is C14H27N. The zero-order chi connectivity index (χ0) is 10.9. The third-order valence-corrected chi connectivity index (χ3v) is 3.66. The number of nitrogens with one attached hydrogen (secondary N) is 1. The maximum Gasteiger partial charge on any atom is 0.00669 e. The smallest absolute Gasteiger partial charge is 0.00669 e. The van der Waals surface area contributed by atoms with Gasteiger partial charge in [-0.05, 0) is 45.1 Å². The number of hydrogen-bond acceptors (Lipinski definition) is 1. The summed E-state index contributed by atoms with van der Waals surface area (Å²) in [6, 6.07) is 0.716. The van der Waals surface area contributed by atoms with Crippen molar-refractivity contribution in [1.29, 1.82) is 0 Å². The topological polar surface area (TPSA) is 12.0 Å². The van der Waals surface area contributed by atoms with Gasteiger partial charge in [0.2, 0.25) is 0 Å². The van der Waals surface area contributed by atoms with Crippen LogP contribution in [0.2, 0.25) is 0 Å². The quantitative estimate of drug-likeness (QED) is 0.397. The summed E-state index contributed by atoms with van der Waals surface area (Å²) < 4.78 is 0. The van der Waals surface area contributed by atoms with Crippen molar-refractivity contribution in [1.82, 2.24) is 5.32 Å². The van der Waals surface area contributed by atoms with Gasteiger partial charge >= 0.3 is 0 Å². The molecule has 0 bridgehead atoms. The minimum atomic E-state index is 0.716. The highest BCUT2D eigenvalue weighted by molar-refractivity contribution is 4.75. The zero-order valence-corrected chi connectivity index (χ0v) is 10.3. The average Bonchev–Trinajstić information content (AvgIpc) is 2.52. The SMILES string of the molecule is C=CCCCN[C@H](C)C1CCCCCC1. The molecule has 1 fully saturated rings. The molecule has 0 aliphatic heterocycles. The molecule has 1 rings (SSSR count). The van der Waals surface area contributed by atoms with Gasteiger partial charge in [0.25, 0.3) is 0 Å². The minimum Gasteiger partial charge on any atom is -0.314 e. The van der Waals surface area contributed by atoms with Crippen LogP contribution in [0.5, 0.6) is 0 Å². The molecule has 0 amide bonds. The van der Waals surface area contributed by atoms with Gasteiger partial charge in [0.05, 0.1) is 0 Å². The van der Waals surface area contributed by atoms with Crippen molar-refractivity contribution < 1.29 is 0 Å². The zero-order valence-electron chi connectivity index (χ0n) is 10.3. The maximum atomic E-state index is 3.75. The summed E-state index contributed by atoms with van der Waals surface area (Å²) in [5, 5.41) is 3.67. The van der Waals surface area contributed by atoms with Crippen LogP contribution < -0.4 is 5.32 Å². The second kappa shape index (κ2) is 7.92. The van der Waals surface area contributed by atoms with E-state index < -0.39 is 0 Å². The first-order valence-corrected chi connectivity index (χ1v) is 6.69. The van der Waals surface area contributed by atoms with Gasteiger partial charge in [-0.2, -0.15) is 0 Å². The van der Waals surface area contributed by atoms with E-state index >= 15 is 0 Å². The Hall–Kier alpha value is -0.300. The van der Waals surface area contributed by atoms with Crippen molar-refractivity contribution in [2.24, 2.45) is 5.92 Å². The lowest BCUT2D eigenvalue weighted by atomic mass is 9.93. The third-order valence-electron chi connectivity index (χ3n) is 3.66. The Balaban J connectivity index is 2.13. The molecule has 1 aliphatic rings. The predicted molar refractivity (Wildman–Crippen MR) is 68.1 cm³/mol. The Morgan fingerprint density at radius 3 is 2.53 bits per heavy atom. The van der Waals surface area contributed by atoms with Crippen molar-refractivity contribution in [2.75, 3.05) is 6.54 Å². The molecule has 1 atom stereocenters. The standard InChI is InChI=1S/C14H27N/c1-3-4-9-12-15-13(2)14-10-7-5-6-8-11-14/h3,13-15H,1,4-12H2,2H3/t13-/m1/s1. The lowest BCUT2D eigenvalue weighted by Gasteiger charge is -2.23. The van der Waals surface area contributed by atoms with Crippen LogP contribution >= 0.6 is 0 Å². The molecule has 0 unspecified atom stereocenters. The van der Waals surface area contributed by atoms with E-state index in [0.29, 0.717) is 6.04 Å². The molecule has 15 heavy (non-hydrogen) atoms. The van der Waals surface area contributed by atoms with Crippen LogP contribution in [0.15, 0.2) is 12.7 Å². The van der Waals surface area contributed by atoms with Gasteiger partial charge in [-0.1, -0.05) is 31.8 Å². The molecule has 0 aromatic heterocycles. The Kier molecular flexibility index (Phi) is 6.74. The van der Waals surface area contributed by atoms with Crippen LogP contribution in [0.25, 0.3) is 0 Å². The van der Waals surface area contributed by atoms with Gasteiger partial charge in [0.1, 0.15) is 0 Å². The van der Waals surface area contributed by atoms with E-state index in [1.54, 1.807) is 0 Å². The Bertz CT molecular complexity index is 157. The first kappa shape index (κ1) is 12.8. The first-order valence-electron chi connectivity index (χ1n) is 6.69. The lowest BCUT2D eigenvalue weighted by Crippen LogP contribution is -2.34. The maximum absolute atomic E-state index is 3.75. The monoisotopic (exact) mass is 209 g/mol. The Morgan fingerprint density at radius 2 is 1.93 bits per heavy atom. The largest absolute Gasteiger partial charge is 0.314 e. The molecule has 1 N–H and O–H groups in total. The average molecular weight is 209 g/mol. The fourth-order valence-electron chi connectivity index (χ4n) is 2.55. The van der Waals surface area contributed by atoms with Gasteiger partial charge in [-0.15, -0.1) is 6.58 Å². The summed E-state index contributed by atoms with van der Waals surface area (Å²) >= 11 is 0. The number of allylic oxidation sites excluding steroid dienone is 1. The van der Waals surface area contributed by atoms with Crippen LogP contribution in [0, 0.1) is 5.92 Å². The van der Waals surface area contributed by atoms with Crippen LogP contribution in [0.3, 0.4) is 0 Å². The number of hydrogen-bond donors (Lipinski definition) is 1. The van der Waals surface area contributed by atoms with E-state index in [0.717, 1.165) is 18.9 Å². The Labute approximate surface area is 95.3 Å². The van der Waals surface area contributed by atoms with Crippen molar-refractivity contribution in [3.8, 4) is 0 Å². The molecule has 88 valence electrons. The van der Waals surface area contributed by atoms with Gasteiger partial charge in [-0.3, -0.25) is 0 Å². The number of unbranched alkanes of at least 4 members (excludes halogenated alkanes) is 1. The first-order chi connectivity index (χ1) is 7.34. The minimum absolute atomic E-state index is 0.716. The molecule has 0 radical (unpaired) electrons. The summed E-state index contributed by atoms with van der Waals surface area (Å²) in [4.78, 5) is 0. The highest BCUT2D eigenvalue weighted by atomic mass is 14.9. The van der Waals surface area contributed by atoms with Gasteiger partial charge < -0.3 is 5.32 Å². The summed E-state index contributed by atoms with van der Waals surface area (Å²) in [6.07, 6.45) is 13.1. The molecule has 1 heteroatoms. The van der Waals surface area contributed by atoms with E-state index in [1.165, 1.54) is 44.9 Å². The van der Waals surface area contributed by atoms with Crippen LogP contribution in [0.4, 0.5) is 0 Å². The second-order valence-corrected chi connectivity index (χ2v) is 4.93. The third kappa shape index (κ3) is 5.36. The molecule has 0 spiro atoms. The normalized spacial score (nSPS) is 20.9. The second-order valence-electron chi connectivity index (χ2n) is 4.93. The van der Waals surface area contributed by atoms with Crippen molar-refractivity contribution in [2.45, 2.75) is 64.3 Å². The van der Waals surface area contributed by atoms with Gasteiger partial charge in [0.15, 0.2) is 0 Å². The molecule has 0 aromatic carbocycles. The van der Waals surface area contributed by atoms with Crippen LogP contribution in [-0.2, 0) is 0 Å². The fraction of sp³-hybridized carbons (Fsp3) is 0.857. The van der Waals surface area contributed by atoms with Crippen LogP contribution in [0.1, 0.15) is 58.3 Å². The molecule has 1 saturated carbocycles. The van der Waals surface area contributed by atoms with Gasteiger partial charge in [0, 0.05) is 6.04 Å². The van der Waals surface area contributed by atoms with E-state index in [9.17, 15) is 0 Å². The van der Waals surface area contributed by atoms with Crippen molar-refractivity contribution in [3.63, 3.8) is 0 Å². The molecule has 0 aromatic rings. The highest BCUT2D eigenvalue weighted by Gasteiger charge is 2.17. The van der Waals surface area contributed by atoms with Crippen LogP contribution in [-0.4, -0.2) is 12.6 Å². The number of rotatable bonds is 6. The molecule has 0 saturated heterocycles. The summed E-state index contributed by atoms with van der Waals surface area (Å²) in [5.41, 5.74) is 0. The fourth-order valence-corrected chi connectivity index (χ4v) is 2.55. The predicted octanol–water partition coefficient (Wildman–Crippen LogP) is 3.90. The lowest BCUT2D eigenvalue weighted by molar-refractivity contribution is 0.337. The molecule has 1 aliphatic carbocycles. The highest BCUT2D eigenvalue weighted by Crippen LogP contribution is 2.25. The Morgan fingerprint density at radius 1 is 1.27 bits per heavy atom. The van der Waals surface area contributed by atoms with E-state index in [1.807, 2.05) is 6.08 Å². The summed E-state index contributed by atoms with van der Waals surface area (Å²) in [7, 11) is 0. The van der Waals surface area contributed by atoms with E-state index in [2.05, 4.69) is 18.8 Å². The van der Waals surface area contributed by atoms with Crippen molar-refractivity contribution in [3.05, 3.63) is 12.7 Å². The molecule has 1 nitrogen and oxygen atoms in total. The summed E-state index contributed by atoms with van der Waals surface area (Å²) in [5.74, 6) is 0.927. The van der Waals surface area contributed by atoms with Crippen molar-refractivity contribution >= 4 is 0 Å². The molecular weight excluding hydrogens is 182 g/mol.